The molecule has 2 aromatic carbocycles. The van der Waals surface area contributed by atoms with E-state index in [4.69, 9.17) is 4.74 Å². The molecule has 10 heteroatoms. The zero-order valence-electron chi connectivity index (χ0n) is 20.0. The Morgan fingerprint density at radius 3 is 2.92 bits per heavy atom. The van der Waals surface area contributed by atoms with Crippen molar-refractivity contribution < 1.29 is 13.2 Å². The summed E-state index contributed by atoms with van der Waals surface area (Å²) in [5.41, 5.74) is 2.96. The highest BCUT2D eigenvalue weighted by Crippen LogP contribution is 2.39. The molecule has 3 aliphatic heterocycles. The SMILES string of the molecule is Cc1c[nH]c(=O)c2cccc(S(=O)(=O)N3CCc4c(NCCN5C[C@H]6C[C@H]5CO6)cc(C#N)cc43)c12. The van der Waals surface area contributed by atoms with Gasteiger partial charge in [-0.25, -0.2) is 8.42 Å². The molecule has 0 aliphatic carbocycles. The number of aromatic amines is 1. The quantitative estimate of drug-likeness (QED) is 0.528. The molecule has 2 fully saturated rings. The summed E-state index contributed by atoms with van der Waals surface area (Å²) in [5.74, 6) is 0. The smallest absolute Gasteiger partial charge is 0.264 e. The van der Waals surface area contributed by atoms with Crippen LogP contribution in [0.25, 0.3) is 10.8 Å². The Hall–Kier alpha value is -3.39. The minimum Gasteiger partial charge on any atom is -0.383 e. The van der Waals surface area contributed by atoms with Crippen LogP contribution in [0.4, 0.5) is 11.4 Å². The molecular formula is C26H27N5O4S. The summed E-state index contributed by atoms with van der Waals surface area (Å²) in [6.45, 7) is 5.35. The normalized spacial score (nSPS) is 21.2. The number of nitriles is 1. The molecule has 0 spiro atoms. The Labute approximate surface area is 209 Å². The predicted octanol–water partition coefficient (Wildman–Crippen LogP) is 2.34. The van der Waals surface area contributed by atoms with Crippen molar-refractivity contribution >= 4 is 32.2 Å². The lowest BCUT2D eigenvalue weighted by atomic mass is 10.1. The largest absolute Gasteiger partial charge is 0.383 e. The number of benzene rings is 2. The molecule has 2 atom stereocenters. The molecule has 2 N–H and O–H groups in total. The van der Waals surface area contributed by atoms with Crippen LogP contribution in [0.3, 0.4) is 0 Å². The van der Waals surface area contributed by atoms with Gasteiger partial charge in [0.2, 0.25) is 0 Å². The van der Waals surface area contributed by atoms with E-state index in [1.807, 2.05) is 0 Å². The lowest BCUT2D eigenvalue weighted by molar-refractivity contribution is 0.0324. The molecule has 3 aliphatic rings. The van der Waals surface area contributed by atoms with E-state index < -0.39 is 10.0 Å². The van der Waals surface area contributed by atoms with Gasteiger partial charge in [0.1, 0.15) is 0 Å². The van der Waals surface area contributed by atoms with Gasteiger partial charge in [0.05, 0.1) is 34.9 Å². The zero-order valence-corrected chi connectivity index (χ0v) is 20.8. The van der Waals surface area contributed by atoms with Crippen LogP contribution in [0.1, 0.15) is 23.1 Å². The molecule has 0 saturated carbocycles. The first kappa shape index (κ1) is 23.0. The molecule has 1 aromatic heterocycles. The molecule has 0 radical (unpaired) electrons. The molecule has 2 saturated heterocycles. The number of sulfonamides is 1. The van der Waals surface area contributed by atoms with Gasteiger partial charge in [-0.3, -0.25) is 14.0 Å². The van der Waals surface area contributed by atoms with E-state index in [0.29, 0.717) is 52.7 Å². The van der Waals surface area contributed by atoms with Gasteiger partial charge in [-0.15, -0.1) is 0 Å². The fourth-order valence-electron chi connectivity index (χ4n) is 5.82. The summed E-state index contributed by atoms with van der Waals surface area (Å²) in [4.78, 5) is 17.6. The van der Waals surface area contributed by atoms with Crippen molar-refractivity contribution in [2.45, 2.75) is 36.8 Å². The van der Waals surface area contributed by atoms with Crippen LogP contribution >= 0.6 is 0 Å². The molecule has 6 rings (SSSR count). The number of nitrogens with one attached hydrogen (secondary N) is 2. The van der Waals surface area contributed by atoms with Gasteiger partial charge in [-0.1, -0.05) is 6.07 Å². The molecule has 2 bridgehead atoms. The summed E-state index contributed by atoms with van der Waals surface area (Å²) >= 11 is 0. The molecule has 4 heterocycles. The van der Waals surface area contributed by atoms with Crippen LogP contribution in [0.2, 0.25) is 0 Å². The molecule has 0 amide bonds. The number of hydrogen-bond donors (Lipinski definition) is 2. The minimum absolute atomic E-state index is 0.0969. The Balaban J connectivity index is 1.33. The maximum Gasteiger partial charge on any atom is 0.264 e. The van der Waals surface area contributed by atoms with Crippen LogP contribution in [0.5, 0.6) is 0 Å². The van der Waals surface area contributed by atoms with E-state index in [2.05, 4.69) is 21.3 Å². The molecule has 3 aromatic rings. The Morgan fingerprint density at radius 2 is 2.17 bits per heavy atom. The van der Waals surface area contributed by atoms with Crippen LogP contribution in [-0.2, 0) is 21.2 Å². The number of pyridine rings is 1. The van der Waals surface area contributed by atoms with Crippen molar-refractivity contribution in [2.24, 2.45) is 0 Å². The third-order valence-corrected chi connectivity index (χ3v) is 9.43. The second-order valence-corrected chi connectivity index (χ2v) is 11.5. The molecular weight excluding hydrogens is 478 g/mol. The molecule has 9 nitrogen and oxygen atoms in total. The third kappa shape index (κ3) is 3.66. The first-order valence-electron chi connectivity index (χ1n) is 12.2. The van der Waals surface area contributed by atoms with Crippen LogP contribution in [0.15, 0.2) is 46.2 Å². The van der Waals surface area contributed by atoms with Gasteiger partial charge in [0, 0.05) is 60.4 Å². The van der Waals surface area contributed by atoms with E-state index >= 15 is 0 Å². The van der Waals surface area contributed by atoms with Gasteiger partial charge in [-0.2, -0.15) is 5.26 Å². The third-order valence-electron chi connectivity index (χ3n) is 7.57. The van der Waals surface area contributed by atoms with Crippen LogP contribution < -0.4 is 15.2 Å². The average molecular weight is 506 g/mol. The number of fused-ring (bicyclic) bond motifs is 4. The van der Waals surface area contributed by atoms with Crippen molar-refractivity contribution in [1.82, 2.24) is 9.88 Å². The standard InChI is InChI=1S/C26H27N5O4S/c1-16-13-29-26(32)21-3-2-4-24(25(16)21)36(33,34)31-7-5-20-22(9-17(12-27)10-23(20)31)28-6-8-30-14-19-11-18(30)15-35-19/h2-4,9-10,13,18-19,28H,5-8,11,14-15H2,1H3,(H,29,32)/t18-,19+/m0/s1. The second-order valence-electron chi connectivity index (χ2n) is 9.71. The van der Waals surface area contributed by atoms with Crippen molar-refractivity contribution in [3.8, 4) is 6.07 Å². The number of ether oxygens (including phenoxy) is 1. The summed E-state index contributed by atoms with van der Waals surface area (Å²) in [6.07, 6.45) is 3.50. The minimum atomic E-state index is -3.98. The number of morpholine rings is 1. The number of hydrogen-bond acceptors (Lipinski definition) is 7. The molecule has 186 valence electrons. The number of rotatable bonds is 6. The zero-order chi connectivity index (χ0) is 25.0. The number of nitrogens with zero attached hydrogens (tertiary/aromatic N) is 3. The van der Waals surface area contributed by atoms with Gasteiger partial charge < -0.3 is 15.0 Å². The number of aryl methyl sites for hydroxylation is 1. The van der Waals surface area contributed by atoms with Crippen molar-refractivity contribution in [1.29, 1.82) is 5.26 Å². The number of aromatic nitrogens is 1. The average Bonchev–Trinajstić information content (AvgIpc) is 3.62. The number of H-pyrrole nitrogens is 1. The first-order chi connectivity index (χ1) is 17.4. The highest BCUT2D eigenvalue weighted by molar-refractivity contribution is 7.93. The number of likely N-dealkylation sites (tertiary alicyclic amines) is 1. The van der Waals surface area contributed by atoms with E-state index in [1.54, 1.807) is 37.3 Å². The van der Waals surface area contributed by atoms with Crippen LogP contribution in [-0.4, -0.2) is 63.2 Å². The van der Waals surface area contributed by atoms with Gasteiger partial charge in [0.15, 0.2) is 0 Å². The Kier molecular flexibility index (Phi) is 5.52. The summed E-state index contributed by atoms with van der Waals surface area (Å²) < 4.78 is 34.9. The number of anilines is 2. The highest BCUT2D eigenvalue weighted by atomic mass is 32.2. The Morgan fingerprint density at radius 1 is 1.31 bits per heavy atom. The molecule has 36 heavy (non-hydrogen) atoms. The first-order valence-corrected chi connectivity index (χ1v) is 13.6. The monoisotopic (exact) mass is 505 g/mol. The van der Waals surface area contributed by atoms with Crippen molar-refractivity contribution in [3.63, 3.8) is 0 Å². The molecule has 0 unspecified atom stereocenters. The summed E-state index contributed by atoms with van der Waals surface area (Å²) in [7, 11) is -3.98. The summed E-state index contributed by atoms with van der Waals surface area (Å²) in [6, 6.07) is 10.9. The Bertz CT molecular complexity index is 1580. The topological polar surface area (TPSA) is 119 Å². The van der Waals surface area contributed by atoms with E-state index in [1.165, 1.54) is 10.5 Å². The maximum absolute atomic E-state index is 13.9. The van der Waals surface area contributed by atoms with E-state index in [9.17, 15) is 18.5 Å². The highest BCUT2D eigenvalue weighted by Gasteiger charge is 2.38. The summed E-state index contributed by atoms with van der Waals surface area (Å²) in [5, 5.41) is 13.9. The van der Waals surface area contributed by atoms with Gasteiger partial charge >= 0.3 is 0 Å². The van der Waals surface area contributed by atoms with Crippen molar-refractivity contribution in [2.75, 3.05) is 42.4 Å². The van der Waals surface area contributed by atoms with Gasteiger partial charge in [0.25, 0.3) is 15.6 Å². The van der Waals surface area contributed by atoms with E-state index in [-0.39, 0.29) is 17.0 Å². The lowest BCUT2D eigenvalue weighted by Crippen LogP contribution is -2.39. The lowest BCUT2D eigenvalue weighted by Gasteiger charge is -2.27. The van der Waals surface area contributed by atoms with Crippen molar-refractivity contribution in [3.05, 3.63) is 63.6 Å². The fourth-order valence-corrected chi connectivity index (χ4v) is 7.59. The van der Waals surface area contributed by atoms with Crippen LogP contribution in [0, 0.1) is 18.3 Å². The maximum atomic E-state index is 13.9. The second kappa shape index (κ2) is 8.62. The van der Waals surface area contributed by atoms with Gasteiger partial charge in [-0.05, 0) is 49.6 Å². The fraction of sp³-hybridized carbons (Fsp3) is 0.385. The predicted molar refractivity (Wildman–Crippen MR) is 137 cm³/mol. The van der Waals surface area contributed by atoms with E-state index in [0.717, 1.165) is 37.4 Å².